The predicted octanol–water partition coefficient (Wildman–Crippen LogP) is 13.0. The zero-order valence-corrected chi connectivity index (χ0v) is 38.8. The van der Waals surface area contributed by atoms with E-state index in [1.54, 1.807) is 0 Å². The van der Waals surface area contributed by atoms with Crippen molar-refractivity contribution in [3.8, 4) is 0 Å². The maximum atomic E-state index is 12.7. The van der Waals surface area contributed by atoms with Gasteiger partial charge in [0.05, 0.1) is 34.4 Å². The van der Waals surface area contributed by atoms with Crippen LogP contribution < -0.4 is 4.89 Å². The number of phosphoric ester groups is 1. The molecule has 0 heterocycles. The first-order valence-electron chi connectivity index (χ1n) is 22.6. The van der Waals surface area contributed by atoms with Gasteiger partial charge in [0.2, 0.25) is 0 Å². The molecule has 0 N–H and O–H groups in total. The van der Waals surface area contributed by atoms with Crippen molar-refractivity contribution in [3.63, 3.8) is 0 Å². The van der Waals surface area contributed by atoms with Crippen molar-refractivity contribution in [2.75, 3.05) is 54.1 Å². The van der Waals surface area contributed by atoms with Crippen LogP contribution in [0.3, 0.4) is 0 Å². The molecule has 0 aliphatic carbocycles. The molecule has 0 bridgehead atoms. The molecule has 2 unspecified atom stereocenters. The summed E-state index contributed by atoms with van der Waals surface area (Å²) < 4.78 is 34.5. The molecule has 0 aromatic heterocycles. The Bertz CT molecular complexity index is 1300. The van der Waals surface area contributed by atoms with E-state index < -0.39 is 13.9 Å². The minimum atomic E-state index is -4.55. The SMILES string of the molecule is CC/C=C\C/C=C\C/C=C\C/C=C\C/C=C\CCCCOCC(COP(=O)([O-])OCC[N+](C)(C)C)OC(=O)CCCCCCCC/C=C\C/C=C\C/C=C\C/C=C\CC. The molecular weight excluding hydrogens is 758 g/mol. The summed E-state index contributed by atoms with van der Waals surface area (Å²) in [6.07, 6.45) is 58.2. The van der Waals surface area contributed by atoms with Gasteiger partial charge in [0.25, 0.3) is 7.82 Å². The molecule has 0 radical (unpaired) electrons. The third-order valence-corrected chi connectivity index (χ3v) is 9.78. The molecule has 0 aromatic carbocycles. The number of rotatable bonds is 40. The fourth-order valence-electron chi connectivity index (χ4n) is 5.39. The van der Waals surface area contributed by atoms with Gasteiger partial charge >= 0.3 is 5.97 Å². The monoisotopic (exact) mass is 842 g/mol. The van der Waals surface area contributed by atoms with E-state index in [2.05, 4.69) is 123 Å². The van der Waals surface area contributed by atoms with Crippen LogP contribution in [0.15, 0.2) is 109 Å². The molecular formula is C50H84NO7P. The minimum Gasteiger partial charge on any atom is -0.756 e. The molecule has 0 amide bonds. The highest BCUT2D eigenvalue weighted by Crippen LogP contribution is 2.38. The number of phosphoric acid groups is 1. The summed E-state index contributed by atoms with van der Waals surface area (Å²) in [5.74, 6) is -0.369. The highest BCUT2D eigenvalue weighted by molar-refractivity contribution is 7.45. The van der Waals surface area contributed by atoms with Crippen molar-refractivity contribution in [2.24, 2.45) is 0 Å². The van der Waals surface area contributed by atoms with E-state index in [9.17, 15) is 14.3 Å². The van der Waals surface area contributed by atoms with Gasteiger partial charge in [-0.15, -0.1) is 0 Å². The van der Waals surface area contributed by atoms with Crippen molar-refractivity contribution in [2.45, 2.75) is 148 Å². The molecule has 0 fully saturated rings. The summed E-state index contributed by atoms with van der Waals surface area (Å²) in [4.78, 5) is 25.1. The quantitative estimate of drug-likeness (QED) is 0.0199. The molecule has 8 nitrogen and oxygen atoms in total. The third-order valence-electron chi connectivity index (χ3n) is 8.82. The van der Waals surface area contributed by atoms with E-state index in [1.807, 2.05) is 21.1 Å². The summed E-state index contributed by atoms with van der Waals surface area (Å²) in [5.41, 5.74) is 0. The zero-order valence-electron chi connectivity index (χ0n) is 37.9. The number of allylic oxidation sites excluding steroid dienone is 18. The Morgan fingerprint density at radius 2 is 0.932 bits per heavy atom. The van der Waals surface area contributed by atoms with Gasteiger partial charge in [-0.1, -0.05) is 149 Å². The largest absolute Gasteiger partial charge is 0.756 e. The number of esters is 1. The van der Waals surface area contributed by atoms with Gasteiger partial charge in [-0.25, -0.2) is 0 Å². The maximum absolute atomic E-state index is 12.7. The molecule has 2 atom stereocenters. The summed E-state index contributed by atoms with van der Waals surface area (Å²) in [6, 6.07) is 0. The minimum absolute atomic E-state index is 0.00749. The molecule has 0 aliphatic heterocycles. The Labute approximate surface area is 361 Å². The van der Waals surface area contributed by atoms with Crippen molar-refractivity contribution in [1.29, 1.82) is 0 Å². The average Bonchev–Trinajstić information content (AvgIpc) is 3.19. The number of unbranched alkanes of at least 4 members (excludes halogenated alkanes) is 8. The van der Waals surface area contributed by atoms with Gasteiger partial charge in [0, 0.05) is 13.0 Å². The van der Waals surface area contributed by atoms with Gasteiger partial charge in [-0.3, -0.25) is 9.36 Å². The van der Waals surface area contributed by atoms with Crippen LogP contribution in [0.1, 0.15) is 142 Å². The van der Waals surface area contributed by atoms with Crippen molar-refractivity contribution in [1.82, 2.24) is 0 Å². The Morgan fingerprint density at radius 3 is 1.39 bits per heavy atom. The van der Waals surface area contributed by atoms with E-state index in [0.29, 0.717) is 17.6 Å². The number of carbonyl (C=O) groups is 1. The van der Waals surface area contributed by atoms with Gasteiger partial charge in [-0.2, -0.15) is 0 Å². The van der Waals surface area contributed by atoms with Crippen LogP contribution in [0, 0.1) is 0 Å². The van der Waals surface area contributed by atoms with Gasteiger partial charge in [0.1, 0.15) is 19.3 Å². The zero-order chi connectivity index (χ0) is 43.4. The van der Waals surface area contributed by atoms with Crippen molar-refractivity contribution in [3.05, 3.63) is 109 Å². The first kappa shape index (κ1) is 56.2. The Kier molecular flexibility index (Phi) is 39.9. The van der Waals surface area contributed by atoms with E-state index in [4.69, 9.17) is 18.5 Å². The summed E-state index contributed by atoms with van der Waals surface area (Å²) in [5, 5.41) is 0. The van der Waals surface area contributed by atoms with Crippen LogP contribution >= 0.6 is 7.82 Å². The molecule has 0 aliphatic rings. The van der Waals surface area contributed by atoms with Gasteiger partial charge in [-0.05, 0) is 96.3 Å². The Morgan fingerprint density at radius 1 is 0.525 bits per heavy atom. The predicted molar refractivity (Wildman–Crippen MR) is 249 cm³/mol. The number of quaternary nitrogens is 1. The van der Waals surface area contributed by atoms with Crippen LogP contribution in [0.25, 0.3) is 0 Å². The maximum Gasteiger partial charge on any atom is 0.306 e. The van der Waals surface area contributed by atoms with Crippen LogP contribution in [-0.4, -0.2) is 70.7 Å². The lowest BCUT2D eigenvalue weighted by atomic mass is 10.1. The number of hydrogen-bond acceptors (Lipinski definition) is 7. The number of ether oxygens (including phenoxy) is 2. The van der Waals surface area contributed by atoms with Crippen LogP contribution in [0.5, 0.6) is 0 Å². The highest BCUT2D eigenvalue weighted by Gasteiger charge is 2.20. The second-order valence-electron chi connectivity index (χ2n) is 15.6. The highest BCUT2D eigenvalue weighted by atomic mass is 31.2. The van der Waals surface area contributed by atoms with E-state index in [0.717, 1.165) is 109 Å². The number of carbonyl (C=O) groups excluding carboxylic acids is 1. The average molecular weight is 842 g/mol. The van der Waals surface area contributed by atoms with E-state index in [-0.39, 0.29) is 32.2 Å². The molecule has 336 valence electrons. The van der Waals surface area contributed by atoms with Crippen LogP contribution in [0.2, 0.25) is 0 Å². The second kappa shape index (κ2) is 41.9. The molecule has 0 rings (SSSR count). The first-order valence-corrected chi connectivity index (χ1v) is 24.1. The lowest BCUT2D eigenvalue weighted by Gasteiger charge is -2.28. The lowest BCUT2D eigenvalue weighted by Crippen LogP contribution is -2.37. The number of hydrogen-bond donors (Lipinski definition) is 0. The van der Waals surface area contributed by atoms with E-state index in [1.165, 1.54) is 12.8 Å². The smallest absolute Gasteiger partial charge is 0.306 e. The van der Waals surface area contributed by atoms with E-state index >= 15 is 0 Å². The van der Waals surface area contributed by atoms with Gasteiger partial charge in [0.15, 0.2) is 0 Å². The number of nitrogens with zero attached hydrogens (tertiary/aromatic N) is 1. The summed E-state index contributed by atoms with van der Waals surface area (Å²) in [6.45, 7) is 5.01. The first-order chi connectivity index (χ1) is 28.6. The molecule has 59 heavy (non-hydrogen) atoms. The van der Waals surface area contributed by atoms with Gasteiger partial charge < -0.3 is 27.9 Å². The van der Waals surface area contributed by atoms with Crippen LogP contribution in [-0.2, 0) is 27.9 Å². The summed E-state index contributed by atoms with van der Waals surface area (Å²) >= 11 is 0. The normalized spacial score (nSPS) is 14.7. The molecule has 0 saturated carbocycles. The second-order valence-corrected chi connectivity index (χ2v) is 17.1. The Balaban J connectivity index is 4.36. The fraction of sp³-hybridized carbons (Fsp3) is 0.620. The topological polar surface area (TPSA) is 94.1 Å². The molecule has 0 saturated heterocycles. The van der Waals surface area contributed by atoms with Crippen molar-refractivity contribution < 1.29 is 37.3 Å². The Hall–Kier alpha value is -2.84. The molecule has 9 heteroatoms. The lowest BCUT2D eigenvalue weighted by molar-refractivity contribution is -0.870. The molecule has 0 aromatic rings. The standard InChI is InChI=1S/C50H84NO7P/c1-6-8-10-12-14-16-18-20-22-24-26-27-29-31-33-35-37-39-41-43-50(52)58-49(48-57-59(53,54)56-46-44-51(3,4)5)47-55-45-42-40-38-36-34-32-30-28-25-23-21-19-17-15-13-11-9-7-2/h8-11,14-17,20-23,26-28,30,34,36,49H,6-7,12-13,18-19,24-25,29,31-33,35,37-48H2,1-5H3/b10-8-,11-9-,16-14-,17-15-,22-20-,23-21-,27-26-,30-28-,36-34-. The van der Waals surface area contributed by atoms with Crippen molar-refractivity contribution >= 4 is 13.8 Å². The summed E-state index contributed by atoms with van der Waals surface area (Å²) in [7, 11) is 1.29. The fourth-order valence-corrected chi connectivity index (χ4v) is 6.11. The number of likely N-dealkylation sites (N-methyl/N-ethyl adjacent to an activating group) is 1. The van der Waals surface area contributed by atoms with Crippen LogP contribution in [0.4, 0.5) is 0 Å². The third kappa shape index (κ3) is 46.1. The molecule has 0 spiro atoms.